The average molecular weight is 423 g/mol. The SMILES string of the molecule is C=CCN(C(=O)C1N([C@H](C)CO)C(=O)[C@@H]2[C@H](C(=O)O)[C@]3(C)CCC12O3)C(C)CCC. The largest absolute Gasteiger partial charge is 0.481 e. The van der Waals surface area contributed by atoms with Gasteiger partial charge < -0.3 is 24.7 Å². The highest BCUT2D eigenvalue weighted by atomic mass is 16.5. The van der Waals surface area contributed by atoms with Crippen molar-refractivity contribution < 1.29 is 29.3 Å². The highest BCUT2D eigenvalue weighted by molar-refractivity contribution is 5.98. The van der Waals surface area contributed by atoms with Crippen molar-refractivity contribution in [3.8, 4) is 0 Å². The number of hydrogen-bond acceptors (Lipinski definition) is 5. The van der Waals surface area contributed by atoms with Crippen LogP contribution in [0.4, 0.5) is 0 Å². The molecule has 8 nitrogen and oxygen atoms in total. The molecule has 0 aromatic carbocycles. The molecule has 3 heterocycles. The summed E-state index contributed by atoms with van der Waals surface area (Å²) in [4.78, 5) is 42.6. The second kappa shape index (κ2) is 7.96. The Morgan fingerprint density at radius 1 is 1.40 bits per heavy atom. The molecule has 3 aliphatic rings. The quantitative estimate of drug-likeness (QED) is 0.544. The van der Waals surface area contributed by atoms with Gasteiger partial charge in [0.05, 0.1) is 30.1 Å². The molecule has 30 heavy (non-hydrogen) atoms. The third kappa shape index (κ3) is 3.07. The fraction of sp³-hybridized carbons (Fsp3) is 0.773. The van der Waals surface area contributed by atoms with Crippen LogP contribution in [0.3, 0.4) is 0 Å². The first-order valence-corrected chi connectivity index (χ1v) is 10.9. The van der Waals surface area contributed by atoms with Crippen molar-refractivity contribution in [3.63, 3.8) is 0 Å². The zero-order chi connectivity index (χ0) is 22.4. The summed E-state index contributed by atoms with van der Waals surface area (Å²) in [7, 11) is 0. The Hall–Kier alpha value is -1.93. The normalized spacial score (nSPS) is 36.5. The minimum Gasteiger partial charge on any atom is -0.481 e. The fourth-order valence-electron chi connectivity index (χ4n) is 5.94. The molecule has 2 amide bonds. The molecule has 0 aliphatic carbocycles. The van der Waals surface area contributed by atoms with Crippen LogP contribution in [0.15, 0.2) is 12.7 Å². The lowest BCUT2D eigenvalue weighted by atomic mass is 9.66. The molecule has 0 radical (unpaired) electrons. The number of hydrogen-bond donors (Lipinski definition) is 2. The topological polar surface area (TPSA) is 107 Å². The molecular formula is C22H34N2O6. The number of carbonyl (C=O) groups excluding carboxylic acids is 2. The van der Waals surface area contributed by atoms with Gasteiger partial charge in [-0.2, -0.15) is 0 Å². The van der Waals surface area contributed by atoms with Gasteiger partial charge in [0, 0.05) is 12.6 Å². The Balaban J connectivity index is 2.10. The number of aliphatic carboxylic acids is 1. The highest BCUT2D eigenvalue weighted by Crippen LogP contribution is 2.63. The molecule has 3 aliphatic heterocycles. The molecule has 168 valence electrons. The molecule has 0 saturated carbocycles. The maximum atomic E-state index is 13.9. The Morgan fingerprint density at radius 2 is 2.07 bits per heavy atom. The maximum Gasteiger partial charge on any atom is 0.310 e. The number of rotatable bonds is 9. The molecule has 3 saturated heterocycles. The maximum absolute atomic E-state index is 13.9. The molecular weight excluding hydrogens is 388 g/mol. The second-order valence-electron chi connectivity index (χ2n) is 9.26. The van der Waals surface area contributed by atoms with Gasteiger partial charge in [0.2, 0.25) is 11.8 Å². The van der Waals surface area contributed by atoms with Gasteiger partial charge in [0.25, 0.3) is 0 Å². The van der Waals surface area contributed by atoms with Crippen molar-refractivity contribution in [2.75, 3.05) is 13.2 Å². The first kappa shape index (κ1) is 22.7. The van der Waals surface area contributed by atoms with Gasteiger partial charge in [-0.1, -0.05) is 19.4 Å². The highest BCUT2D eigenvalue weighted by Gasteiger charge is 2.78. The predicted octanol–water partition coefficient (Wildman–Crippen LogP) is 1.42. The van der Waals surface area contributed by atoms with E-state index in [1.165, 1.54) is 4.90 Å². The number of nitrogens with zero attached hydrogens (tertiary/aromatic N) is 2. The van der Waals surface area contributed by atoms with Crippen LogP contribution >= 0.6 is 0 Å². The lowest BCUT2D eigenvalue weighted by Crippen LogP contribution is -2.59. The van der Waals surface area contributed by atoms with Crippen LogP contribution in [-0.2, 0) is 19.1 Å². The van der Waals surface area contributed by atoms with Gasteiger partial charge in [-0.25, -0.2) is 0 Å². The van der Waals surface area contributed by atoms with E-state index in [4.69, 9.17) is 4.74 Å². The second-order valence-corrected chi connectivity index (χ2v) is 9.26. The number of ether oxygens (including phenoxy) is 1. The molecule has 0 aromatic rings. The number of aliphatic hydroxyl groups is 1. The van der Waals surface area contributed by atoms with Crippen LogP contribution < -0.4 is 0 Å². The van der Waals surface area contributed by atoms with E-state index in [-0.39, 0.29) is 18.6 Å². The molecule has 3 fully saturated rings. The Labute approximate surface area is 177 Å². The van der Waals surface area contributed by atoms with Gasteiger partial charge >= 0.3 is 5.97 Å². The number of carboxylic acids is 1. The lowest BCUT2D eigenvalue weighted by molar-refractivity contribution is -0.158. The number of fused-ring (bicyclic) bond motifs is 1. The summed E-state index contributed by atoms with van der Waals surface area (Å²) in [5.41, 5.74) is -2.15. The number of aliphatic hydroxyl groups excluding tert-OH is 1. The Morgan fingerprint density at radius 3 is 2.60 bits per heavy atom. The van der Waals surface area contributed by atoms with Crippen molar-refractivity contribution in [1.82, 2.24) is 9.80 Å². The zero-order valence-corrected chi connectivity index (χ0v) is 18.3. The number of amides is 2. The Kier molecular flexibility index (Phi) is 6.04. The minimum absolute atomic E-state index is 0.0678. The number of carbonyl (C=O) groups is 3. The van der Waals surface area contributed by atoms with Crippen molar-refractivity contribution >= 4 is 17.8 Å². The lowest BCUT2D eigenvalue weighted by Gasteiger charge is -2.40. The van der Waals surface area contributed by atoms with Crippen LogP contribution in [0.25, 0.3) is 0 Å². The molecule has 1 spiro atoms. The summed E-state index contributed by atoms with van der Waals surface area (Å²) >= 11 is 0. The third-order valence-electron chi connectivity index (χ3n) is 7.30. The van der Waals surface area contributed by atoms with E-state index in [1.54, 1.807) is 24.8 Å². The standard InChI is InChI=1S/C22H34N2O6/c1-6-8-13(3)23(11-7-2)19(27)17-22-10-9-21(5,30-22)16(20(28)29)15(22)18(26)24(17)14(4)12-25/h7,13-17,25H,2,6,8-12H2,1,3-5H3,(H,28,29)/t13?,14-,15+,16-,17?,21+,22?/m1/s1. The van der Waals surface area contributed by atoms with Crippen molar-refractivity contribution in [2.24, 2.45) is 11.8 Å². The summed E-state index contributed by atoms with van der Waals surface area (Å²) in [6, 6.07) is -1.65. The van der Waals surface area contributed by atoms with E-state index in [9.17, 15) is 24.6 Å². The van der Waals surface area contributed by atoms with Crippen molar-refractivity contribution in [3.05, 3.63) is 12.7 Å². The van der Waals surface area contributed by atoms with Gasteiger partial charge in [-0.3, -0.25) is 14.4 Å². The summed E-state index contributed by atoms with van der Waals surface area (Å²) in [6.45, 7) is 11.2. The van der Waals surface area contributed by atoms with Crippen LogP contribution in [-0.4, -0.2) is 80.3 Å². The molecule has 0 aromatic heterocycles. The van der Waals surface area contributed by atoms with E-state index >= 15 is 0 Å². The molecule has 8 heteroatoms. The van der Waals surface area contributed by atoms with Gasteiger partial charge in [0.15, 0.2) is 0 Å². The van der Waals surface area contributed by atoms with Gasteiger partial charge in [-0.15, -0.1) is 6.58 Å². The first-order valence-electron chi connectivity index (χ1n) is 10.9. The zero-order valence-electron chi connectivity index (χ0n) is 18.3. The summed E-state index contributed by atoms with van der Waals surface area (Å²) in [5.74, 6) is -3.69. The van der Waals surface area contributed by atoms with Crippen molar-refractivity contribution in [1.29, 1.82) is 0 Å². The molecule has 3 rings (SSSR count). The van der Waals surface area contributed by atoms with Gasteiger partial charge in [0.1, 0.15) is 11.6 Å². The van der Waals surface area contributed by atoms with E-state index in [2.05, 4.69) is 6.58 Å². The third-order valence-corrected chi connectivity index (χ3v) is 7.30. The summed E-state index contributed by atoms with van der Waals surface area (Å²) in [5, 5.41) is 19.7. The average Bonchev–Trinajstić information content (AvgIpc) is 3.26. The molecule has 2 bridgehead atoms. The molecule has 2 N–H and O–H groups in total. The smallest absolute Gasteiger partial charge is 0.310 e. The molecule has 3 unspecified atom stereocenters. The summed E-state index contributed by atoms with van der Waals surface area (Å²) < 4.78 is 6.34. The van der Waals surface area contributed by atoms with Crippen LogP contribution in [0.2, 0.25) is 0 Å². The monoisotopic (exact) mass is 422 g/mol. The van der Waals surface area contributed by atoms with E-state index in [0.717, 1.165) is 12.8 Å². The van der Waals surface area contributed by atoms with E-state index in [0.29, 0.717) is 19.4 Å². The predicted molar refractivity (Wildman–Crippen MR) is 110 cm³/mol. The minimum atomic E-state index is -1.18. The first-order chi connectivity index (χ1) is 14.1. The van der Waals surface area contributed by atoms with Crippen molar-refractivity contribution in [2.45, 2.75) is 82.7 Å². The van der Waals surface area contributed by atoms with E-state index in [1.807, 2.05) is 13.8 Å². The number of likely N-dealkylation sites (tertiary alicyclic amines) is 1. The van der Waals surface area contributed by atoms with Crippen LogP contribution in [0.5, 0.6) is 0 Å². The van der Waals surface area contributed by atoms with Crippen LogP contribution in [0.1, 0.15) is 53.4 Å². The Bertz CT molecular complexity index is 741. The molecule has 7 atom stereocenters. The van der Waals surface area contributed by atoms with Crippen LogP contribution in [0, 0.1) is 11.8 Å². The fourth-order valence-corrected chi connectivity index (χ4v) is 5.94. The van der Waals surface area contributed by atoms with E-state index < -0.39 is 47.0 Å². The van der Waals surface area contributed by atoms with Gasteiger partial charge in [-0.05, 0) is 40.0 Å². The summed E-state index contributed by atoms with van der Waals surface area (Å²) in [6.07, 6.45) is 4.27. The number of carboxylic acid groups (broad SMARTS) is 1.